The van der Waals surface area contributed by atoms with Gasteiger partial charge in [-0.3, -0.25) is 14.7 Å². The lowest BCUT2D eigenvalue weighted by Gasteiger charge is -2.41. The maximum atomic E-state index is 11.6. The van der Waals surface area contributed by atoms with E-state index < -0.39 is 0 Å². The van der Waals surface area contributed by atoms with Crippen LogP contribution in [0.5, 0.6) is 0 Å². The van der Waals surface area contributed by atoms with Crippen LogP contribution in [0.2, 0.25) is 0 Å². The zero-order valence-electron chi connectivity index (χ0n) is 15.1. The van der Waals surface area contributed by atoms with Gasteiger partial charge in [-0.15, -0.1) is 0 Å². The summed E-state index contributed by atoms with van der Waals surface area (Å²) in [7, 11) is 1.74. The second-order valence-corrected chi connectivity index (χ2v) is 6.36. The van der Waals surface area contributed by atoms with Gasteiger partial charge in [-0.25, -0.2) is 0 Å². The van der Waals surface area contributed by atoms with E-state index in [4.69, 9.17) is 4.74 Å². The van der Waals surface area contributed by atoms with E-state index in [-0.39, 0.29) is 11.4 Å². The molecule has 134 valence electrons. The van der Waals surface area contributed by atoms with Crippen molar-refractivity contribution in [1.29, 1.82) is 0 Å². The van der Waals surface area contributed by atoms with Crippen molar-refractivity contribution in [1.82, 2.24) is 20.9 Å². The third-order valence-electron chi connectivity index (χ3n) is 4.00. The molecule has 0 unspecified atom stereocenters. The van der Waals surface area contributed by atoms with Crippen molar-refractivity contribution in [2.75, 3.05) is 53.0 Å². The number of amides is 1. The van der Waals surface area contributed by atoms with Crippen LogP contribution in [0.15, 0.2) is 4.99 Å². The minimum Gasteiger partial charge on any atom is -0.379 e. The molecule has 0 aromatic rings. The molecule has 1 saturated heterocycles. The van der Waals surface area contributed by atoms with Gasteiger partial charge in [0.2, 0.25) is 5.91 Å². The van der Waals surface area contributed by atoms with Gasteiger partial charge < -0.3 is 20.7 Å². The Kier molecular flexibility index (Phi) is 8.94. The number of morpholine rings is 1. The monoisotopic (exact) mass is 327 g/mol. The van der Waals surface area contributed by atoms with Gasteiger partial charge >= 0.3 is 0 Å². The van der Waals surface area contributed by atoms with Gasteiger partial charge in [0.05, 0.1) is 13.2 Å². The van der Waals surface area contributed by atoms with Crippen LogP contribution in [-0.2, 0) is 9.53 Å². The first-order chi connectivity index (χ1) is 11.0. The second kappa shape index (κ2) is 10.4. The second-order valence-electron chi connectivity index (χ2n) is 6.36. The average Bonchev–Trinajstić information content (AvgIpc) is 2.56. The lowest BCUT2D eigenvalue weighted by atomic mass is 10.0. The lowest BCUT2D eigenvalue weighted by molar-refractivity contribution is -0.120. The van der Waals surface area contributed by atoms with Gasteiger partial charge in [0.25, 0.3) is 0 Å². The van der Waals surface area contributed by atoms with Gasteiger partial charge in [0.15, 0.2) is 5.96 Å². The van der Waals surface area contributed by atoms with Crippen LogP contribution in [0.1, 0.15) is 33.6 Å². The molecular weight excluding hydrogens is 294 g/mol. The molecule has 1 aliphatic rings. The number of hydrogen-bond acceptors (Lipinski definition) is 4. The highest BCUT2D eigenvalue weighted by atomic mass is 16.5. The van der Waals surface area contributed by atoms with E-state index in [9.17, 15) is 4.79 Å². The van der Waals surface area contributed by atoms with Crippen molar-refractivity contribution in [3.63, 3.8) is 0 Å². The summed E-state index contributed by atoms with van der Waals surface area (Å²) in [6.45, 7) is 12.1. The maximum Gasteiger partial charge on any atom is 0.221 e. The zero-order chi connectivity index (χ0) is 17.1. The molecule has 0 spiro atoms. The number of rotatable bonds is 8. The Morgan fingerprint density at radius 3 is 2.48 bits per heavy atom. The fourth-order valence-corrected chi connectivity index (χ4v) is 2.45. The number of aliphatic imine (C=N–C) groups is 1. The molecule has 1 aliphatic heterocycles. The van der Waals surface area contributed by atoms with Crippen LogP contribution in [0, 0.1) is 0 Å². The third kappa shape index (κ3) is 7.65. The number of nitrogens with one attached hydrogen (secondary N) is 3. The predicted molar refractivity (Wildman–Crippen MR) is 93.8 cm³/mol. The van der Waals surface area contributed by atoms with Crippen LogP contribution >= 0.6 is 0 Å². The zero-order valence-corrected chi connectivity index (χ0v) is 15.1. The van der Waals surface area contributed by atoms with Crippen LogP contribution in [0.4, 0.5) is 0 Å². The van der Waals surface area contributed by atoms with Crippen LogP contribution in [-0.4, -0.2) is 75.3 Å². The first-order valence-electron chi connectivity index (χ1n) is 8.53. The number of guanidine groups is 1. The normalized spacial score (nSPS) is 17.0. The molecule has 23 heavy (non-hydrogen) atoms. The average molecular weight is 327 g/mol. The summed E-state index contributed by atoms with van der Waals surface area (Å²) in [6, 6.07) is 0. The van der Waals surface area contributed by atoms with Gasteiger partial charge in [0.1, 0.15) is 0 Å². The van der Waals surface area contributed by atoms with E-state index >= 15 is 0 Å². The Labute approximate surface area is 140 Å². The first kappa shape index (κ1) is 19.7. The van der Waals surface area contributed by atoms with E-state index in [1.807, 2.05) is 6.92 Å². The van der Waals surface area contributed by atoms with Crippen molar-refractivity contribution in [2.24, 2.45) is 4.99 Å². The summed E-state index contributed by atoms with van der Waals surface area (Å²) in [5.41, 5.74) is 0.0277. The van der Waals surface area contributed by atoms with E-state index in [0.717, 1.165) is 51.8 Å². The fourth-order valence-electron chi connectivity index (χ4n) is 2.45. The topological polar surface area (TPSA) is 78.0 Å². The highest BCUT2D eigenvalue weighted by molar-refractivity contribution is 5.81. The molecule has 7 nitrogen and oxygen atoms in total. The number of carbonyl (C=O) groups is 1. The summed E-state index contributed by atoms with van der Waals surface area (Å²) in [6.07, 6.45) is 1.41. The lowest BCUT2D eigenvalue weighted by Crippen LogP contribution is -2.56. The quantitative estimate of drug-likeness (QED) is 0.438. The molecule has 0 radical (unpaired) electrons. The SMILES string of the molecule is CCCNC(=O)CCNC(=NC)NCC(C)(C)N1CCOCC1. The molecule has 1 amide bonds. The summed E-state index contributed by atoms with van der Waals surface area (Å²) in [5, 5.41) is 9.40. The summed E-state index contributed by atoms with van der Waals surface area (Å²) >= 11 is 0. The van der Waals surface area contributed by atoms with Crippen molar-refractivity contribution in [2.45, 2.75) is 39.2 Å². The molecule has 0 atom stereocenters. The minimum atomic E-state index is 0.0277. The molecule has 0 saturated carbocycles. The highest BCUT2D eigenvalue weighted by Crippen LogP contribution is 2.14. The van der Waals surface area contributed by atoms with E-state index in [1.54, 1.807) is 7.05 Å². The smallest absolute Gasteiger partial charge is 0.221 e. The predicted octanol–water partition coefficient (Wildman–Crippen LogP) is 0.179. The van der Waals surface area contributed by atoms with Gasteiger partial charge in [0, 0.05) is 51.7 Å². The molecule has 1 heterocycles. The molecule has 7 heteroatoms. The number of nitrogens with zero attached hydrogens (tertiary/aromatic N) is 2. The first-order valence-corrected chi connectivity index (χ1v) is 8.53. The van der Waals surface area contributed by atoms with E-state index in [0.29, 0.717) is 13.0 Å². The molecule has 0 bridgehead atoms. The minimum absolute atomic E-state index is 0.0277. The molecule has 3 N–H and O–H groups in total. The van der Waals surface area contributed by atoms with Crippen molar-refractivity contribution in [3.8, 4) is 0 Å². The number of hydrogen-bond donors (Lipinski definition) is 3. The van der Waals surface area contributed by atoms with E-state index in [1.165, 1.54) is 0 Å². The Morgan fingerprint density at radius 1 is 1.17 bits per heavy atom. The van der Waals surface area contributed by atoms with Gasteiger partial charge in [-0.2, -0.15) is 0 Å². The molecule has 1 rings (SSSR count). The third-order valence-corrected chi connectivity index (χ3v) is 4.00. The Morgan fingerprint density at radius 2 is 1.87 bits per heavy atom. The maximum absolute atomic E-state index is 11.6. The summed E-state index contributed by atoms with van der Waals surface area (Å²) in [4.78, 5) is 18.2. The molecule has 1 fully saturated rings. The van der Waals surface area contributed by atoms with Crippen LogP contribution < -0.4 is 16.0 Å². The van der Waals surface area contributed by atoms with E-state index in [2.05, 4.69) is 39.7 Å². The summed E-state index contributed by atoms with van der Waals surface area (Å²) < 4.78 is 5.41. The largest absolute Gasteiger partial charge is 0.379 e. The Balaban J connectivity index is 2.28. The van der Waals surface area contributed by atoms with Crippen molar-refractivity contribution >= 4 is 11.9 Å². The standard InChI is InChI=1S/C16H33N5O2/c1-5-7-18-14(22)6-8-19-15(17-4)20-13-16(2,3)21-9-11-23-12-10-21/h5-13H2,1-4H3,(H,18,22)(H2,17,19,20). The molecule has 0 aromatic heterocycles. The highest BCUT2D eigenvalue weighted by Gasteiger charge is 2.28. The van der Waals surface area contributed by atoms with Gasteiger partial charge in [-0.05, 0) is 20.3 Å². The molecular formula is C16H33N5O2. The number of ether oxygens (including phenoxy) is 1. The Hall–Kier alpha value is -1.34. The molecule has 0 aromatic carbocycles. The van der Waals surface area contributed by atoms with Crippen molar-refractivity contribution in [3.05, 3.63) is 0 Å². The van der Waals surface area contributed by atoms with Crippen LogP contribution in [0.25, 0.3) is 0 Å². The van der Waals surface area contributed by atoms with Gasteiger partial charge in [-0.1, -0.05) is 6.92 Å². The molecule has 0 aliphatic carbocycles. The van der Waals surface area contributed by atoms with Crippen LogP contribution in [0.3, 0.4) is 0 Å². The number of carbonyl (C=O) groups excluding carboxylic acids is 1. The Bertz CT molecular complexity index is 379. The summed E-state index contributed by atoms with van der Waals surface area (Å²) in [5.74, 6) is 0.804. The van der Waals surface area contributed by atoms with Crippen molar-refractivity contribution < 1.29 is 9.53 Å². The fraction of sp³-hybridized carbons (Fsp3) is 0.875.